The lowest BCUT2D eigenvalue weighted by molar-refractivity contribution is -0.147. The van der Waals surface area contributed by atoms with Crippen LogP contribution < -0.4 is 16.0 Å². The van der Waals surface area contributed by atoms with Gasteiger partial charge in [-0.2, -0.15) is 0 Å². The monoisotopic (exact) mass is 447 g/mol. The van der Waals surface area contributed by atoms with Crippen LogP contribution in [0.3, 0.4) is 0 Å². The molecule has 33 heavy (non-hydrogen) atoms. The van der Waals surface area contributed by atoms with E-state index in [0.717, 1.165) is 24.1 Å². The SMILES string of the molecule is COC(=O)[C@H](Cc1ccccc1)NC(=O)[C@@H]1C[C@H]2CC[C@H]1C[C@@]21NC(=O)c2ccccc2N1. The minimum absolute atomic E-state index is 0.0634. The van der Waals surface area contributed by atoms with Crippen molar-refractivity contribution in [3.63, 3.8) is 0 Å². The highest BCUT2D eigenvalue weighted by atomic mass is 16.5. The molecule has 5 atom stereocenters. The van der Waals surface area contributed by atoms with E-state index in [1.165, 1.54) is 7.11 Å². The Labute approximate surface area is 193 Å². The number of amides is 2. The number of esters is 1. The molecule has 1 aliphatic heterocycles. The van der Waals surface area contributed by atoms with E-state index in [0.29, 0.717) is 24.8 Å². The summed E-state index contributed by atoms with van der Waals surface area (Å²) in [6, 6.07) is 16.4. The zero-order chi connectivity index (χ0) is 23.0. The van der Waals surface area contributed by atoms with Crippen LogP contribution in [0.25, 0.3) is 0 Å². The second-order valence-corrected chi connectivity index (χ2v) is 9.45. The highest BCUT2D eigenvalue weighted by Crippen LogP contribution is 2.51. The summed E-state index contributed by atoms with van der Waals surface area (Å²) in [6.07, 6.45) is 3.64. The van der Waals surface area contributed by atoms with E-state index in [1.807, 2.05) is 54.6 Å². The molecule has 7 nitrogen and oxygen atoms in total. The number of methoxy groups -OCH3 is 1. The number of carbonyl (C=O) groups excluding carboxylic acids is 3. The van der Waals surface area contributed by atoms with Gasteiger partial charge >= 0.3 is 5.97 Å². The molecule has 1 spiro atoms. The number of rotatable bonds is 5. The number of nitrogens with one attached hydrogen (secondary N) is 3. The van der Waals surface area contributed by atoms with Crippen molar-refractivity contribution in [3.8, 4) is 0 Å². The van der Waals surface area contributed by atoms with Gasteiger partial charge in [0.25, 0.3) is 5.91 Å². The van der Waals surface area contributed by atoms with Crippen molar-refractivity contribution in [1.29, 1.82) is 0 Å². The fourth-order valence-corrected chi connectivity index (χ4v) is 5.93. The first-order valence-corrected chi connectivity index (χ1v) is 11.6. The third kappa shape index (κ3) is 3.96. The average molecular weight is 448 g/mol. The maximum absolute atomic E-state index is 13.3. The van der Waals surface area contributed by atoms with E-state index in [4.69, 9.17) is 4.74 Å². The van der Waals surface area contributed by atoms with E-state index in [1.54, 1.807) is 0 Å². The molecule has 3 saturated carbocycles. The van der Waals surface area contributed by atoms with Crippen molar-refractivity contribution in [2.24, 2.45) is 17.8 Å². The maximum Gasteiger partial charge on any atom is 0.328 e. The maximum atomic E-state index is 13.3. The lowest BCUT2D eigenvalue weighted by Crippen LogP contribution is -2.68. The first-order chi connectivity index (χ1) is 16.0. The molecule has 2 bridgehead atoms. The van der Waals surface area contributed by atoms with Gasteiger partial charge in [-0.15, -0.1) is 0 Å². The van der Waals surface area contributed by atoms with Crippen LogP contribution >= 0.6 is 0 Å². The number of ether oxygens (including phenoxy) is 1. The summed E-state index contributed by atoms with van der Waals surface area (Å²) in [5.74, 6) is -0.528. The van der Waals surface area contributed by atoms with Crippen molar-refractivity contribution in [2.45, 2.75) is 43.8 Å². The number of fused-ring (bicyclic) bond motifs is 3. The minimum Gasteiger partial charge on any atom is -0.467 e. The van der Waals surface area contributed by atoms with E-state index < -0.39 is 17.7 Å². The minimum atomic E-state index is -0.723. The van der Waals surface area contributed by atoms with E-state index in [-0.39, 0.29) is 29.6 Å². The average Bonchev–Trinajstić information content (AvgIpc) is 2.84. The van der Waals surface area contributed by atoms with Gasteiger partial charge in [0, 0.05) is 23.9 Å². The third-order valence-electron chi connectivity index (χ3n) is 7.56. The molecule has 4 aliphatic rings. The quantitative estimate of drug-likeness (QED) is 0.613. The van der Waals surface area contributed by atoms with Gasteiger partial charge in [-0.25, -0.2) is 4.79 Å². The van der Waals surface area contributed by atoms with Crippen LogP contribution in [0, 0.1) is 17.8 Å². The van der Waals surface area contributed by atoms with Crippen molar-refractivity contribution in [1.82, 2.24) is 10.6 Å². The smallest absolute Gasteiger partial charge is 0.328 e. The van der Waals surface area contributed by atoms with Crippen molar-refractivity contribution in [3.05, 3.63) is 65.7 Å². The lowest BCUT2D eigenvalue weighted by atomic mass is 9.58. The number of anilines is 1. The highest BCUT2D eigenvalue weighted by Gasteiger charge is 2.55. The zero-order valence-electron chi connectivity index (χ0n) is 18.7. The van der Waals surface area contributed by atoms with Gasteiger partial charge < -0.3 is 20.7 Å². The van der Waals surface area contributed by atoms with Crippen molar-refractivity contribution < 1.29 is 19.1 Å². The van der Waals surface area contributed by atoms with Crippen LogP contribution in [-0.2, 0) is 20.7 Å². The summed E-state index contributed by atoms with van der Waals surface area (Å²) < 4.78 is 4.96. The van der Waals surface area contributed by atoms with Gasteiger partial charge in [0.2, 0.25) is 5.91 Å². The molecule has 3 aliphatic carbocycles. The summed E-state index contributed by atoms with van der Waals surface area (Å²) in [4.78, 5) is 38.5. The molecule has 0 saturated heterocycles. The third-order valence-corrected chi connectivity index (χ3v) is 7.56. The normalized spacial score (nSPS) is 28.3. The van der Waals surface area contributed by atoms with Gasteiger partial charge in [-0.1, -0.05) is 42.5 Å². The molecule has 6 rings (SSSR count). The Morgan fingerprint density at radius 1 is 1.09 bits per heavy atom. The van der Waals surface area contributed by atoms with E-state index in [9.17, 15) is 14.4 Å². The molecule has 1 heterocycles. The summed E-state index contributed by atoms with van der Waals surface area (Å²) in [5, 5.41) is 9.79. The van der Waals surface area contributed by atoms with Crippen molar-refractivity contribution in [2.75, 3.05) is 12.4 Å². The Balaban J connectivity index is 1.30. The first kappa shape index (κ1) is 21.5. The summed E-state index contributed by atoms with van der Waals surface area (Å²) in [6.45, 7) is 0. The topological polar surface area (TPSA) is 96.5 Å². The molecule has 0 unspecified atom stereocenters. The van der Waals surface area contributed by atoms with Crippen molar-refractivity contribution >= 4 is 23.5 Å². The predicted octanol–water partition coefficient (Wildman–Crippen LogP) is 2.87. The number of hydrogen-bond donors (Lipinski definition) is 3. The fourth-order valence-electron chi connectivity index (χ4n) is 5.93. The van der Waals surface area contributed by atoms with Gasteiger partial charge in [0.1, 0.15) is 11.7 Å². The summed E-state index contributed by atoms with van der Waals surface area (Å²) >= 11 is 0. The van der Waals surface area contributed by atoms with Gasteiger partial charge in [0.15, 0.2) is 0 Å². The molecule has 0 aromatic heterocycles. The molecule has 0 radical (unpaired) electrons. The molecule has 2 aromatic rings. The first-order valence-electron chi connectivity index (χ1n) is 11.6. The number of para-hydroxylation sites is 1. The molecule has 172 valence electrons. The number of carbonyl (C=O) groups is 3. The van der Waals surface area contributed by atoms with Gasteiger partial charge in [0.05, 0.1) is 12.7 Å². The standard InChI is InChI=1S/C26H29N3O4/c1-33-25(32)22(13-16-7-3-2-4-8-16)27-23(30)20-14-18-12-11-17(20)15-26(18)28-21-10-6-5-9-19(21)24(31)29-26/h2-10,17-18,20,22,28H,11-15H2,1H3,(H,27,30)(H,29,31)/t17-,18+,20+,22-,26+/m0/s1. The largest absolute Gasteiger partial charge is 0.467 e. The van der Waals surface area contributed by atoms with Crippen LogP contribution in [0.15, 0.2) is 54.6 Å². The Hall–Kier alpha value is -3.35. The molecule has 3 N–H and O–H groups in total. The second kappa shape index (κ2) is 8.54. The van der Waals surface area contributed by atoms with Crippen LogP contribution in [-0.4, -0.2) is 36.6 Å². The fraction of sp³-hybridized carbons (Fsp3) is 0.423. The van der Waals surface area contributed by atoms with E-state index in [2.05, 4.69) is 16.0 Å². The summed E-state index contributed by atoms with van der Waals surface area (Å²) in [7, 11) is 1.34. The van der Waals surface area contributed by atoms with Gasteiger partial charge in [-0.3, -0.25) is 9.59 Å². The zero-order valence-corrected chi connectivity index (χ0v) is 18.7. The molecular formula is C26H29N3O4. The second-order valence-electron chi connectivity index (χ2n) is 9.45. The van der Waals surface area contributed by atoms with Gasteiger partial charge in [-0.05, 0) is 49.3 Å². The van der Waals surface area contributed by atoms with Crippen LogP contribution in [0.4, 0.5) is 5.69 Å². The van der Waals surface area contributed by atoms with Crippen LogP contribution in [0.1, 0.15) is 41.6 Å². The summed E-state index contributed by atoms with van der Waals surface area (Å²) in [5.41, 5.74) is 1.95. The Morgan fingerprint density at radius 3 is 2.58 bits per heavy atom. The predicted molar refractivity (Wildman–Crippen MR) is 123 cm³/mol. The van der Waals surface area contributed by atoms with Crippen LogP contribution in [0.5, 0.6) is 0 Å². The van der Waals surface area contributed by atoms with Crippen LogP contribution in [0.2, 0.25) is 0 Å². The Kier molecular flexibility index (Phi) is 5.56. The highest BCUT2D eigenvalue weighted by molar-refractivity contribution is 6.02. The molecule has 3 fully saturated rings. The molecule has 7 heteroatoms. The lowest BCUT2D eigenvalue weighted by Gasteiger charge is -2.56. The molecule has 2 amide bonds. The Morgan fingerprint density at radius 2 is 1.85 bits per heavy atom. The molecular weight excluding hydrogens is 418 g/mol. The molecule has 2 aromatic carbocycles. The van der Waals surface area contributed by atoms with E-state index >= 15 is 0 Å². The number of benzene rings is 2. The Bertz CT molecular complexity index is 1070. The number of hydrogen-bond acceptors (Lipinski definition) is 5.